The van der Waals surface area contributed by atoms with Crippen LogP contribution in [0.4, 0.5) is 21.6 Å². The number of nitrogens with one attached hydrogen (secondary N) is 4. The molecule has 0 aliphatic heterocycles. The Morgan fingerprint density at radius 1 is 1.12 bits per heavy atom. The van der Waals surface area contributed by atoms with Crippen LogP contribution in [0.5, 0.6) is 5.88 Å². The molecule has 0 unspecified atom stereocenters. The Morgan fingerprint density at radius 2 is 1.98 bits per heavy atom. The summed E-state index contributed by atoms with van der Waals surface area (Å²) in [7, 11) is 1.92. The predicted octanol–water partition coefficient (Wildman–Crippen LogP) is 4.58. The molecule has 2 heterocycles. The van der Waals surface area contributed by atoms with Gasteiger partial charge in [-0.15, -0.1) is 10.2 Å². The van der Waals surface area contributed by atoms with Gasteiger partial charge in [-0.2, -0.15) is 0 Å². The van der Waals surface area contributed by atoms with Crippen molar-refractivity contribution in [2.45, 2.75) is 19.8 Å². The van der Waals surface area contributed by atoms with Crippen LogP contribution in [-0.4, -0.2) is 78.6 Å². The highest BCUT2D eigenvalue weighted by atomic mass is 35.5. The standard InChI is InChI=1S/C27H36ClFN8O2S/c1-4-12-37(14-10-30-2)13-8-26(38)34-25-17-20(7-9-31-25)33-24-18-23(21-16-19(28)5-6-22(21)29)35-36-27(24)39-15-11-32-40-3/h5-7,9,16-18,30,32H,4,8,10-15H2,1-3H3,(H2,31,33,34,35,38). The van der Waals surface area contributed by atoms with Gasteiger partial charge in [-0.3, -0.25) is 9.52 Å². The second-order valence-electron chi connectivity index (χ2n) is 8.82. The molecule has 0 atom stereocenters. The van der Waals surface area contributed by atoms with Crippen LogP contribution in [0.25, 0.3) is 11.3 Å². The minimum Gasteiger partial charge on any atom is -0.474 e. The molecule has 10 nitrogen and oxygen atoms in total. The minimum absolute atomic E-state index is 0.121. The van der Waals surface area contributed by atoms with E-state index in [2.05, 4.69) is 47.7 Å². The van der Waals surface area contributed by atoms with Crippen molar-refractivity contribution in [2.75, 3.05) is 63.3 Å². The SMILES string of the molecule is CCCN(CCNC)CCC(=O)Nc1cc(Nc2cc(-c3cc(Cl)ccc3F)nnc2OCCNSC)ccn1. The van der Waals surface area contributed by atoms with Crippen molar-refractivity contribution in [3.8, 4) is 17.1 Å². The first-order valence-electron chi connectivity index (χ1n) is 13.0. The lowest BCUT2D eigenvalue weighted by atomic mass is 10.1. The molecule has 0 radical (unpaired) electrons. The van der Waals surface area contributed by atoms with Crippen LogP contribution in [-0.2, 0) is 4.79 Å². The molecule has 0 bridgehead atoms. The number of anilines is 3. The monoisotopic (exact) mass is 590 g/mol. The highest BCUT2D eigenvalue weighted by Crippen LogP contribution is 2.32. The zero-order chi connectivity index (χ0) is 28.7. The van der Waals surface area contributed by atoms with Gasteiger partial charge < -0.3 is 25.6 Å². The van der Waals surface area contributed by atoms with E-state index in [-0.39, 0.29) is 23.0 Å². The smallest absolute Gasteiger partial charge is 0.257 e. The van der Waals surface area contributed by atoms with Crippen molar-refractivity contribution in [3.05, 3.63) is 53.4 Å². The number of carbonyl (C=O) groups excluding carboxylic acids is 1. The molecule has 40 heavy (non-hydrogen) atoms. The summed E-state index contributed by atoms with van der Waals surface area (Å²) in [5.74, 6) is 0.0563. The molecule has 0 saturated carbocycles. The molecule has 0 aliphatic carbocycles. The van der Waals surface area contributed by atoms with Gasteiger partial charge in [0, 0.05) is 61.1 Å². The average molecular weight is 591 g/mol. The van der Waals surface area contributed by atoms with E-state index >= 15 is 0 Å². The second kappa shape index (κ2) is 16.9. The first-order valence-corrected chi connectivity index (χ1v) is 14.7. The van der Waals surface area contributed by atoms with Gasteiger partial charge in [0.2, 0.25) is 5.91 Å². The first-order chi connectivity index (χ1) is 19.4. The maximum Gasteiger partial charge on any atom is 0.257 e. The van der Waals surface area contributed by atoms with Crippen molar-refractivity contribution < 1.29 is 13.9 Å². The third-order valence-corrected chi connectivity index (χ3v) is 6.46. The van der Waals surface area contributed by atoms with Crippen LogP contribution < -0.4 is 25.4 Å². The molecule has 13 heteroatoms. The number of halogens is 2. The summed E-state index contributed by atoms with van der Waals surface area (Å²) in [6, 6.07) is 9.35. The molecule has 3 aromatic rings. The highest BCUT2D eigenvalue weighted by Gasteiger charge is 2.15. The summed E-state index contributed by atoms with van der Waals surface area (Å²) in [6.07, 6.45) is 4.89. The number of aromatic nitrogens is 3. The maximum absolute atomic E-state index is 14.5. The van der Waals surface area contributed by atoms with Crippen molar-refractivity contribution in [1.29, 1.82) is 0 Å². The Kier molecular flexibility index (Phi) is 13.3. The van der Waals surface area contributed by atoms with Gasteiger partial charge in [-0.25, -0.2) is 9.37 Å². The third kappa shape index (κ3) is 10.2. The van der Waals surface area contributed by atoms with Gasteiger partial charge >= 0.3 is 0 Å². The molecule has 216 valence electrons. The molecule has 1 amide bonds. The Bertz CT molecular complexity index is 1240. The van der Waals surface area contributed by atoms with Crippen LogP contribution in [0.3, 0.4) is 0 Å². The van der Waals surface area contributed by atoms with E-state index in [0.29, 0.717) is 48.3 Å². The van der Waals surface area contributed by atoms with Crippen molar-refractivity contribution >= 4 is 46.6 Å². The number of amides is 1. The van der Waals surface area contributed by atoms with Gasteiger partial charge in [0.25, 0.3) is 5.88 Å². The lowest BCUT2D eigenvalue weighted by molar-refractivity contribution is -0.116. The minimum atomic E-state index is -0.472. The predicted molar refractivity (Wildman–Crippen MR) is 161 cm³/mol. The molecular formula is C27H36ClFN8O2S. The van der Waals surface area contributed by atoms with Crippen LogP contribution in [0.2, 0.25) is 5.02 Å². The number of nitrogens with zero attached hydrogens (tertiary/aromatic N) is 4. The van der Waals surface area contributed by atoms with Gasteiger partial charge in [-0.1, -0.05) is 30.5 Å². The fourth-order valence-corrected chi connectivity index (χ4v) is 4.27. The van der Waals surface area contributed by atoms with E-state index in [9.17, 15) is 9.18 Å². The summed E-state index contributed by atoms with van der Waals surface area (Å²) in [4.78, 5) is 19.2. The van der Waals surface area contributed by atoms with Crippen molar-refractivity contribution in [1.82, 2.24) is 30.1 Å². The van der Waals surface area contributed by atoms with E-state index in [4.69, 9.17) is 16.3 Å². The Labute approximate surface area is 244 Å². The summed E-state index contributed by atoms with van der Waals surface area (Å²) < 4.78 is 23.5. The molecule has 4 N–H and O–H groups in total. The van der Waals surface area contributed by atoms with Crippen molar-refractivity contribution in [3.63, 3.8) is 0 Å². The lowest BCUT2D eigenvalue weighted by Gasteiger charge is -2.21. The normalized spacial score (nSPS) is 11.1. The summed E-state index contributed by atoms with van der Waals surface area (Å²) >= 11 is 7.57. The van der Waals surface area contributed by atoms with E-state index in [0.717, 1.165) is 26.1 Å². The summed E-state index contributed by atoms with van der Waals surface area (Å²) in [6.45, 7) is 6.40. The van der Waals surface area contributed by atoms with E-state index in [1.165, 1.54) is 30.1 Å². The number of hydrogen-bond donors (Lipinski definition) is 4. The van der Waals surface area contributed by atoms with E-state index in [1.807, 2.05) is 13.3 Å². The first kappa shape index (κ1) is 31.5. The van der Waals surface area contributed by atoms with Crippen LogP contribution >= 0.6 is 23.5 Å². The Morgan fingerprint density at radius 3 is 2.75 bits per heavy atom. The van der Waals surface area contributed by atoms with E-state index < -0.39 is 5.82 Å². The topological polar surface area (TPSA) is 116 Å². The molecule has 0 aliphatic rings. The third-order valence-electron chi connectivity index (χ3n) is 5.73. The fourth-order valence-electron chi connectivity index (χ4n) is 3.81. The zero-order valence-corrected chi connectivity index (χ0v) is 24.5. The summed E-state index contributed by atoms with van der Waals surface area (Å²) in [5.41, 5.74) is 1.60. The zero-order valence-electron chi connectivity index (χ0n) is 23.0. The van der Waals surface area contributed by atoms with Crippen LogP contribution in [0, 0.1) is 5.82 Å². The average Bonchev–Trinajstić information content (AvgIpc) is 2.94. The Hall–Kier alpha value is -3.03. The molecule has 0 fully saturated rings. The fraction of sp³-hybridized carbons (Fsp3) is 0.407. The molecule has 0 spiro atoms. The number of benzene rings is 1. The number of ether oxygens (including phenoxy) is 1. The quantitative estimate of drug-likeness (QED) is 0.131. The van der Waals surface area contributed by atoms with Crippen LogP contribution in [0.1, 0.15) is 19.8 Å². The van der Waals surface area contributed by atoms with Crippen LogP contribution in [0.15, 0.2) is 42.6 Å². The number of likely N-dealkylation sites (N-methyl/N-ethyl adjacent to an activating group) is 1. The molecule has 3 rings (SSSR count). The largest absolute Gasteiger partial charge is 0.474 e. The molecular weight excluding hydrogens is 555 g/mol. The number of rotatable bonds is 17. The number of carbonyl (C=O) groups is 1. The lowest BCUT2D eigenvalue weighted by Crippen LogP contribution is -2.34. The Balaban J connectivity index is 1.75. The van der Waals surface area contributed by atoms with E-state index in [1.54, 1.807) is 24.4 Å². The molecule has 0 saturated heterocycles. The number of pyridine rings is 1. The van der Waals surface area contributed by atoms with Gasteiger partial charge in [-0.05, 0) is 56.6 Å². The molecule has 2 aromatic heterocycles. The van der Waals surface area contributed by atoms with Crippen molar-refractivity contribution in [2.24, 2.45) is 0 Å². The molecule has 1 aromatic carbocycles. The van der Waals surface area contributed by atoms with Gasteiger partial charge in [0.1, 0.15) is 23.9 Å². The van der Waals surface area contributed by atoms with Gasteiger partial charge in [0.15, 0.2) is 0 Å². The van der Waals surface area contributed by atoms with Gasteiger partial charge in [0.05, 0.1) is 5.69 Å². The summed E-state index contributed by atoms with van der Waals surface area (Å²) in [5, 5.41) is 18.0. The number of hydrogen-bond acceptors (Lipinski definition) is 10. The second-order valence-corrected chi connectivity index (χ2v) is 9.95. The highest BCUT2D eigenvalue weighted by molar-refractivity contribution is 7.96. The maximum atomic E-state index is 14.5.